The molecule has 0 bridgehead atoms. The van der Waals surface area contributed by atoms with Gasteiger partial charge in [0.25, 0.3) is 0 Å². The lowest BCUT2D eigenvalue weighted by atomic mass is 10.3. The van der Waals surface area contributed by atoms with Crippen LogP contribution in [-0.4, -0.2) is 29.1 Å². The lowest BCUT2D eigenvalue weighted by molar-refractivity contribution is 0.689. The smallest absolute Gasteiger partial charge is 0.0939 e. The molecule has 0 aliphatic heterocycles. The van der Waals surface area contributed by atoms with E-state index in [9.17, 15) is 0 Å². The van der Waals surface area contributed by atoms with Crippen LogP contribution in [0.3, 0.4) is 0 Å². The summed E-state index contributed by atoms with van der Waals surface area (Å²) in [6.07, 6.45) is 2.51. The van der Waals surface area contributed by atoms with Gasteiger partial charge in [-0.1, -0.05) is 0 Å². The molecule has 0 saturated carbocycles. The molecule has 1 aromatic rings. The third-order valence-electron chi connectivity index (χ3n) is 2.03. The van der Waals surface area contributed by atoms with E-state index >= 15 is 0 Å². The Hall–Kier alpha value is -0.480. The number of aryl methyl sites for hydroxylation is 2. The van der Waals surface area contributed by atoms with E-state index in [1.807, 2.05) is 37.5 Å². The zero-order chi connectivity index (χ0) is 10.4. The highest BCUT2D eigenvalue weighted by Crippen LogP contribution is 2.19. The van der Waals surface area contributed by atoms with E-state index in [1.165, 1.54) is 23.6 Å². The summed E-state index contributed by atoms with van der Waals surface area (Å²) in [6.45, 7) is 3.15. The summed E-state index contributed by atoms with van der Waals surface area (Å²) in [6, 6.07) is 2.14. The average Bonchev–Trinajstić information content (AvgIpc) is 2.45. The molecule has 1 rings (SSSR count). The molecule has 4 heteroatoms. The number of aromatic nitrogens is 2. The van der Waals surface area contributed by atoms with Crippen molar-refractivity contribution in [3.63, 3.8) is 0 Å². The first-order valence-electron chi connectivity index (χ1n) is 5.02. The van der Waals surface area contributed by atoms with Crippen LogP contribution in [0.5, 0.6) is 0 Å². The molecule has 0 amide bonds. The molecule has 0 aliphatic carbocycles. The van der Waals surface area contributed by atoms with E-state index in [2.05, 4.69) is 16.5 Å². The number of nitrogens with one attached hydrogen (secondary N) is 1. The molecule has 0 radical (unpaired) electrons. The molecule has 0 unspecified atom stereocenters. The second kappa shape index (κ2) is 6.09. The Kier molecular flexibility index (Phi) is 5.04. The number of thioether (sulfide) groups is 1. The number of hydrogen-bond acceptors (Lipinski definition) is 3. The van der Waals surface area contributed by atoms with Crippen molar-refractivity contribution in [2.24, 2.45) is 7.05 Å². The van der Waals surface area contributed by atoms with E-state index in [0.29, 0.717) is 0 Å². The van der Waals surface area contributed by atoms with Crippen LogP contribution in [0, 0.1) is 6.92 Å². The maximum atomic E-state index is 4.31. The summed E-state index contributed by atoms with van der Waals surface area (Å²) in [5.41, 5.74) is 1.10. The van der Waals surface area contributed by atoms with E-state index in [4.69, 9.17) is 0 Å². The minimum atomic E-state index is 1.10. The van der Waals surface area contributed by atoms with Gasteiger partial charge >= 0.3 is 0 Å². The van der Waals surface area contributed by atoms with Crippen LogP contribution in [0.25, 0.3) is 0 Å². The lowest BCUT2D eigenvalue weighted by Crippen LogP contribution is -2.07. The normalized spacial score (nSPS) is 10.8. The van der Waals surface area contributed by atoms with Gasteiger partial charge in [-0.3, -0.25) is 4.68 Å². The summed E-state index contributed by atoms with van der Waals surface area (Å²) in [4.78, 5) is 0. The predicted octanol–water partition coefficient (Wildman–Crippen LogP) is 1.82. The fourth-order valence-corrected chi connectivity index (χ4v) is 2.34. The van der Waals surface area contributed by atoms with Crippen LogP contribution in [0.2, 0.25) is 0 Å². The molecule has 0 aliphatic rings. The molecule has 3 nitrogen and oxygen atoms in total. The van der Waals surface area contributed by atoms with Gasteiger partial charge < -0.3 is 5.32 Å². The van der Waals surface area contributed by atoms with E-state index in [-0.39, 0.29) is 0 Å². The topological polar surface area (TPSA) is 29.9 Å². The van der Waals surface area contributed by atoms with Gasteiger partial charge in [-0.15, -0.1) is 11.8 Å². The molecule has 0 fully saturated rings. The van der Waals surface area contributed by atoms with Gasteiger partial charge in [-0.2, -0.15) is 5.10 Å². The Labute approximate surface area is 90.3 Å². The average molecular weight is 213 g/mol. The number of hydrogen-bond donors (Lipinski definition) is 1. The first kappa shape index (κ1) is 11.6. The summed E-state index contributed by atoms with van der Waals surface area (Å²) < 4.78 is 1.96. The van der Waals surface area contributed by atoms with Crippen LogP contribution in [0.15, 0.2) is 11.1 Å². The largest absolute Gasteiger partial charge is 0.320 e. The summed E-state index contributed by atoms with van der Waals surface area (Å²) in [5, 5.41) is 8.74. The molecule has 0 spiro atoms. The summed E-state index contributed by atoms with van der Waals surface area (Å²) >= 11 is 1.89. The van der Waals surface area contributed by atoms with Crippen LogP contribution in [0.4, 0.5) is 0 Å². The Morgan fingerprint density at radius 3 is 2.86 bits per heavy atom. The highest BCUT2D eigenvalue weighted by Gasteiger charge is 2.01. The molecular weight excluding hydrogens is 194 g/mol. The molecule has 0 atom stereocenters. The lowest BCUT2D eigenvalue weighted by Gasteiger charge is -2.01. The highest BCUT2D eigenvalue weighted by molar-refractivity contribution is 7.99. The summed E-state index contributed by atoms with van der Waals surface area (Å²) in [5.74, 6) is 1.18. The van der Waals surface area contributed by atoms with Crippen molar-refractivity contribution in [2.75, 3.05) is 19.3 Å². The standard InChI is InChI=1S/C10H19N3S/c1-9-8-10(13(3)12-9)14-7-5-4-6-11-2/h8,11H,4-7H2,1-3H3. The van der Waals surface area contributed by atoms with Crippen molar-refractivity contribution in [3.05, 3.63) is 11.8 Å². The van der Waals surface area contributed by atoms with Gasteiger partial charge in [0.15, 0.2) is 0 Å². The van der Waals surface area contributed by atoms with E-state index < -0.39 is 0 Å². The fraction of sp³-hybridized carbons (Fsp3) is 0.700. The maximum Gasteiger partial charge on any atom is 0.0939 e. The first-order chi connectivity index (χ1) is 6.74. The molecular formula is C10H19N3S. The van der Waals surface area contributed by atoms with Crippen molar-refractivity contribution < 1.29 is 0 Å². The van der Waals surface area contributed by atoms with Gasteiger partial charge in [-0.05, 0) is 45.2 Å². The quantitative estimate of drug-likeness (QED) is 0.577. The number of rotatable bonds is 6. The van der Waals surface area contributed by atoms with Gasteiger partial charge in [0.1, 0.15) is 0 Å². The molecule has 1 N–H and O–H groups in total. The van der Waals surface area contributed by atoms with Crippen molar-refractivity contribution in [1.82, 2.24) is 15.1 Å². The van der Waals surface area contributed by atoms with Crippen LogP contribution < -0.4 is 5.32 Å². The van der Waals surface area contributed by atoms with Gasteiger partial charge in [-0.25, -0.2) is 0 Å². The Balaban J connectivity index is 2.21. The van der Waals surface area contributed by atoms with Crippen LogP contribution in [0.1, 0.15) is 18.5 Å². The number of unbranched alkanes of at least 4 members (excludes halogenated alkanes) is 1. The van der Waals surface area contributed by atoms with Gasteiger partial charge in [0, 0.05) is 7.05 Å². The monoisotopic (exact) mass is 213 g/mol. The third kappa shape index (κ3) is 3.72. The van der Waals surface area contributed by atoms with Crippen molar-refractivity contribution in [1.29, 1.82) is 0 Å². The summed E-state index contributed by atoms with van der Waals surface area (Å²) in [7, 11) is 4.00. The van der Waals surface area contributed by atoms with Gasteiger partial charge in [0.2, 0.25) is 0 Å². The van der Waals surface area contributed by atoms with Crippen LogP contribution >= 0.6 is 11.8 Å². The maximum absolute atomic E-state index is 4.31. The zero-order valence-electron chi connectivity index (χ0n) is 9.21. The molecule has 80 valence electrons. The molecule has 0 saturated heterocycles. The molecule has 1 heterocycles. The highest BCUT2D eigenvalue weighted by atomic mass is 32.2. The molecule has 1 aromatic heterocycles. The van der Waals surface area contributed by atoms with Crippen LogP contribution in [-0.2, 0) is 7.05 Å². The Bertz CT molecular complexity index is 270. The zero-order valence-corrected chi connectivity index (χ0v) is 10.0. The van der Waals surface area contributed by atoms with E-state index in [0.717, 1.165) is 12.2 Å². The first-order valence-corrected chi connectivity index (χ1v) is 6.00. The fourth-order valence-electron chi connectivity index (χ4n) is 1.30. The second-order valence-electron chi connectivity index (χ2n) is 3.41. The molecule has 14 heavy (non-hydrogen) atoms. The third-order valence-corrected chi connectivity index (χ3v) is 3.20. The Morgan fingerprint density at radius 1 is 1.50 bits per heavy atom. The Morgan fingerprint density at radius 2 is 2.29 bits per heavy atom. The van der Waals surface area contributed by atoms with Crippen molar-refractivity contribution in [3.8, 4) is 0 Å². The van der Waals surface area contributed by atoms with Crippen molar-refractivity contribution >= 4 is 11.8 Å². The number of nitrogens with zero attached hydrogens (tertiary/aromatic N) is 2. The predicted molar refractivity (Wildman–Crippen MR) is 61.8 cm³/mol. The molecule has 0 aromatic carbocycles. The van der Waals surface area contributed by atoms with E-state index in [1.54, 1.807) is 0 Å². The minimum absolute atomic E-state index is 1.10. The SMILES string of the molecule is CNCCCCSc1cc(C)nn1C. The van der Waals surface area contributed by atoms with Gasteiger partial charge in [0.05, 0.1) is 10.7 Å². The van der Waals surface area contributed by atoms with Crippen molar-refractivity contribution in [2.45, 2.75) is 24.8 Å². The second-order valence-corrected chi connectivity index (χ2v) is 4.52. The minimum Gasteiger partial charge on any atom is -0.320 e.